The summed E-state index contributed by atoms with van der Waals surface area (Å²) in [7, 11) is 0. The van der Waals surface area contributed by atoms with Gasteiger partial charge in [0.05, 0.1) is 6.61 Å². The first-order chi connectivity index (χ1) is 13.3. The molecule has 3 heterocycles. The van der Waals surface area contributed by atoms with Gasteiger partial charge in [-0.1, -0.05) is 0 Å². The summed E-state index contributed by atoms with van der Waals surface area (Å²) < 4.78 is 118. The zero-order valence-electron chi connectivity index (χ0n) is 21.1. The van der Waals surface area contributed by atoms with E-state index in [-0.39, 0.29) is 0 Å². The van der Waals surface area contributed by atoms with Crippen LogP contribution in [0.3, 0.4) is 0 Å². The number of ether oxygens (including phenoxy) is 5. The minimum atomic E-state index is -3.40. The van der Waals surface area contributed by atoms with Crippen LogP contribution >= 0.6 is 0 Å². The van der Waals surface area contributed by atoms with Crippen molar-refractivity contribution in [3.63, 3.8) is 0 Å². The molecule has 4 atom stereocenters. The number of fused-ring (bicyclic) bond motifs is 3. The summed E-state index contributed by atoms with van der Waals surface area (Å²) >= 11 is 0. The topological polar surface area (TPSA) is 66.4 Å². The van der Waals surface area contributed by atoms with E-state index in [2.05, 4.69) is 0 Å². The fourth-order valence-electron chi connectivity index (χ4n) is 2.38. The lowest BCUT2D eigenvalue weighted by molar-refractivity contribution is -0.294. The van der Waals surface area contributed by atoms with Crippen molar-refractivity contribution in [3.05, 3.63) is 0 Å². The van der Waals surface area contributed by atoms with E-state index in [1.807, 2.05) is 0 Å². The predicted molar refractivity (Wildman–Crippen MR) is 59.6 cm³/mol. The summed E-state index contributed by atoms with van der Waals surface area (Å²) in [6.45, 7) is -15.1. The average Bonchev–Trinajstić information content (AvgIpc) is 3.10. The van der Waals surface area contributed by atoms with Crippen molar-refractivity contribution in [3.8, 4) is 0 Å². The van der Waals surface area contributed by atoms with Crippen LogP contribution in [0.4, 0.5) is 0 Å². The highest BCUT2D eigenvalue weighted by molar-refractivity contribution is 5.03. The lowest BCUT2D eigenvalue weighted by atomic mass is 9.98. The molecule has 6 nitrogen and oxygen atoms in total. The van der Waals surface area contributed by atoms with Crippen molar-refractivity contribution in [2.45, 2.75) is 63.1 Å². The monoisotopic (exact) mass is 272 g/mol. The number of hydrogen-bond donors (Lipinski definition) is 1. The van der Waals surface area contributed by atoms with Gasteiger partial charge in [-0.15, -0.1) is 0 Å². The zero-order chi connectivity index (χ0) is 23.2. The van der Waals surface area contributed by atoms with Gasteiger partial charge in [0, 0.05) is 16.4 Å². The number of aliphatic hydroxyl groups is 1. The van der Waals surface area contributed by atoms with Crippen molar-refractivity contribution in [2.24, 2.45) is 0 Å². The Bertz CT molecular complexity index is 655. The van der Waals surface area contributed by atoms with Crippen LogP contribution < -0.4 is 0 Å². The third-order valence-electron chi connectivity index (χ3n) is 3.04. The molecule has 0 aromatic heterocycles. The molecular weight excluding hydrogens is 240 g/mol. The maximum Gasteiger partial charge on any atom is 0.224 e. The molecular formula is C12H20O6. The van der Waals surface area contributed by atoms with Crippen molar-refractivity contribution in [1.82, 2.24) is 0 Å². The van der Waals surface area contributed by atoms with Gasteiger partial charge in [-0.05, 0) is 27.4 Å². The maximum absolute atomic E-state index is 9.87. The van der Waals surface area contributed by atoms with Crippen molar-refractivity contribution >= 4 is 0 Å². The summed E-state index contributed by atoms with van der Waals surface area (Å²) in [4.78, 5) is 0. The Morgan fingerprint density at radius 1 is 1.17 bits per heavy atom. The van der Waals surface area contributed by atoms with Gasteiger partial charge in [0.25, 0.3) is 0 Å². The molecule has 3 fully saturated rings. The van der Waals surface area contributed by atoms with Gasteiger partial charge < -0.3 is 28.8 Å². The molecule has 0 aromatic carbocycles. The van der Waals surface area contributed by atoms with E-state index < -0.39 is 76.3 Å². The predicted octanol–water partition coefficient (Wildman–Crippen LogP) is 0.377. The molecule has 0 bridgehead atoms. The van der Waals surface area contributed by atoms with Crippen molar-refractivity contribution < 1.29 is 45.2 Å². The molecule has 3 aliphatic rings. The van der Waals surface area contributed by atoms with Crippen LogP contribution in [-0.2, 0) is 23.7 Å². The van der Waals surface area contributed by atoms with Crippen LogP contribution in [0.25, 0.3) is 0 Å². The second kappa shape index (κ2) is 3.65. The molecule has 18 heavy (non-hydrogen) atoms. The smallest absolute Gasteiger partial charge is 0.224 e. The summed E-state index contributed by atoms with van der Waals surface area (Å²) in [6, 6.07) is 0. The molecule has 3 rings (SSSR count). The molecule has 0 radical (unpaired) electrons. The Labute approximate surface area is 123 Å². The summed E-state index contributed by atoms with van der Waals surface area (Å²) in [5, 5.41) is 9.87. The normalized spacial score (nSPS) is 61.5. The Hall–Kier alpha value is -0.240. The average molecular weight is 272 g/mol. The molecule has 3 saturated heterocycles. The van der Waals surface area contributed by atoms with Gasteiger partial charge in [0.15, 0.2) is 11.6 Å². The molecule has 0 aliphatic carbocycles. The molecule has 0 unspecified atom stereocenters. The SMILES string of the molecule is [2H]C([2H])([2H])C1(C([2H])([2H])[2H])O[C@@H]2[C@@H](CO[C@@]3(CO)OC(C([2H])([2H])[2H])(C([2H])([2H])[2H])O[C@@H]23)O1. The van der Waals surface area contributed by atoms with Crippen molar-refractivity contribution in [2.75, 3.05) is 13.2 Å². The third-order valence-corrected chi connectivity index (χ3v) is 3.04. The van der Waals surface area contributed by atoms with Gasteiger partial charge in [0.1, 0.15) is 24.9 Å². The van der Waals surface area contributed by atoms with Crippen LogP contribution in [-0.4, -0.2) is 54.0 Å². The largest absolute Gasteiger partial charge is 0.391 e. The van der Waals surface area contributed by atoms with E-state index in [1.54, 1.807) is 0 Å². The Kier molecular flexibility index (Phi) is 1.00. The third kappa shape index (κ3) is 1.79. The van der Waals surface area contributed by atoms with Crippen LogP contribution in [0.5, 0.6) is 0 Å². The molecule has 0 aromatic rings. The van der Waals surface area contributed by atoms with E-state index >= 15 is 0 Å². The van der Waals surface area contributed by atoms with E-state index in [0.717, 1.165) is 0 Å². The zero-order valence-corrected chi connectivity index (χ0v) is 9.13. The standard InChI is InChI=1S/C12H20O6/c1-10(2)15-7-5-14-12(6-13)9(8(7)16-10)17-11(3,4)18-12/h7-9,13H,5-6H2,1-4H3/t7-,8-,9+,12+/m1/s1/i1D3,2D3,3D3,4D3. The minimum Gasteiger partial charge on any atom is -0.391 e. The Morgan fingerprint density at radius 2 is 1.94 bits per heavy atom. The Balaban J connectivity index is 2.09. The van der Waals surface area contributed by atoms with Gasteiger partial charge in [-0.25, -0.2) is 0 Å². The van der Waals surface area contributed by atoms with Crippen LogP contribution in [0.2, 0.25) is 0 Å². The van der Waals surface area contributed by atoms with E-state index in [9.17, 15) is 5.11 Å². The number of hydrogen-bond acceptors (Lipinski definition) is 6. The first-order valence-corrected chi connectivity index (χ1v) is 5.25. The lowest BCUT2D eigenvalue weighted by Gasteiger charge is -2.39. The van der Waals surface area contributed by atoms with Gasteiger partial charge in [-0.3, -0.25) is 0 Å². The summed E-state index contributed by atoms with van der Waals surface area (Å²) in [5.74, 6) is -8.73. The van der Waals surface area contributed by atoms with Gasteiger partial charge >= 0.3 is 0 Å². The Morgan fingerprint density at radius 3 is 2.61 bits per heavy atom. The van der Waals surface area contributed by atoms with Crippen LogP contribution in [0, 0.1) is 0 Å². The second-order valence-corrected chi connectivity index (χ2v) is 4.39. The number of aliphatic hydroxyl groups excluding tert-OH is 1. The molecule has 104 valence electrons. The highest BCUT2D eigenvalue weighted by Gasteiger charge is 2.65. The van der Waals surface area contributed by atoms with Crippen LogP contribution in [0.15, 0.2) is 0 Å². The maximum atomic E-state index is 9.87. The summed E-state index contributed by atoms with van der Waals surface area (Å²) in [5.41, 5.74) is 0. The van der Waals surface area contributed by atoms with Gasteiger partial charge in [-0.2, -0.15) is 0 Å². The second-order valence-electron chi connectivity index (χ2n) is 4.39. The summed E-state index contributed by atoms with van der Waals surface area (Å²) in [6.07, 6.45) is -4.84. The molecule has 1 N–H and O–H groups in total. The van der Waals surface area contributed by atoms with E-state index in [1.165, 1.54) is 0 Å². The molecule has 3 aliphatic heterocycles. The lowest BCUT2D eigenvalue weighted by Crippen LogP contribution is -2.60. The number of rotatable bonds is 1. The van der Waals surface area contributed by atoms with Crippen molar-refractivity contribution in [1.29, 1.82) is 0 Å². The van der Waals surface area contributed by atoms with E-state index in [0.29, 0.717) is 0 Å². The van der Waals surface area contributed by atoms with Crippen LogP contribution in [0.1, 0.15) is 43.9 Å². The van der Waals surface area contributed by atoms with Gasteiger partial charge in [0.2, 0.25) is 5.79 Å². The molecule has 6 heteroatoms. The highest BCUT2D eigenvalue weighted by atomic mass is 16.9. The molecule has 0 spiro atoms. The minimum absolute atomic E-state index is 0.586. The first kappa shape index (κ1) is 4.95. The molecule has 0 saturated carbocycles. The fourth-order valence-corrected chi connectivity index (χ4v) is 2.38. The fraction of sp³-hybridized carbons (Fsp3) is 1.00. The van der Waals surface area contributed by atoms with E-state index in [4.69, 9.17) is 40.1 Å². The molecule has 0 amide bonds. The first-order valence-electron chi connectivity index (χ1n) is 11.3. The highest BCUT2D eigenvalue weighted by Crippen LogP contribution is 2.47. The quantitative estimate of drug-likeness (QED) is 0.744.